The first-order valence-electron chi connectivity index (χ1n) is 21.4. The molecule has 354 valence electrons. The molecule has 23 heteroatoms. The number of ether oxygens (including phenoxy) is 2. The molecular weight excluding hydrogens is 1020 g/mol. The number of benzene rings is 4. The molecule has 2 amide bonds. The van der Waals surface area contributed by atoms with Crippen LogP contribution in [0.25, 0.3) is 31.3 Å². The first-order valence-corrected chi connectivity index (χ1v) is 24.2. The van der Waals surface area contributed by atoms with Gasteiger partial charge in [0.15, 0.2) is 39.6 Å². The number of anilines is 6. The molecule has 10 rings (SSSR count). The smallest absolute Gasteiger partial charge is 0.260 e. The van der Waals surface area contributed by atoms with E-state index in [2.05, 4.69) is 51.1 Å². The van der Waals surface area contributed by atoms with Gasteiger partial charge in [0, 0.05) is 73.1 Å². The van der Waals surface area contributed by atoms with Gasteiger partial charge in [0.1, 0.15) is 39.2 Å². The number of nitrogens with zero attached hydrogens (tertiary/aromatic N) is 10. The van der Waals surface area contributed by atoms with Crippen LogP contribution in [0.15, 0.2) is 102 Å². The van der Waals surface area contributed by atoms with Crippen LogP contribution < -0.4 is 36.1 Å². The fraction of sp³-hybridized carbons (Fsp3) is 0.217. The number of piperazine rings is 2. The zero-order valence-corrected chi connectivity index (χ0v) is 40.4. The molecule has 2 saturated heterocycles. The van der Waals surface area contributed by atoms with Gasteiger partial charge in [0.05, 0.1) is 0 Å². The zero-order valence-electron chi connectivity index (χ0n) is 36.4. The molecular formula is C46H41BrClF2N13O4S2. The Labute approximate surface area is 414 Å². The molecule has 69 heavy (non-hydrogen) atoms. The van der Waals surface area contributed by atoms with Crippen LogP contribution in [0.2, 0.25) is 5.02 Å². The molecule has 0 bridgehead atoms. The molecule has 6 heterocycles. The lowest BCUT2D eigenvalue weighted by molar-refractivity contribution is -0.134. The lowest BCUT2D eigenvalue weighted by Crippen LogP contribution is -2.50. The topological polar surface area (TPSA) is 207 Å². The van der Waals surface area contributed by atoms with Crippen molar-refractivity contribution in [3.05, 3.63) is 118 Å². The number of rotatable bonds is 11. The van der Waals surface area contributed by atoms with Crippen molar-refractivity contribution in [1.82, 2.24) is 39.7 Å². The molecule has 0 radical (unpaired) electrons. The largest absolute Gasteiger partial charge is 0.484 e. The van der Waals surface area contributed by atoms with Gasteiger partial charge < -0.3 is 45.9 Å². The van der Waals surface area contributed by atoms with Crippen LogP contribution >= 0.6 is 50.2 Å². The van der Waals surface area contributed by atoms with Gasteiger partial charge in [0.25, 0.3) is 11.8 Å². The van der Waals surface area contributed by atoms with Crippen LogP contribution in [0.4, 0.5) is 43.1 Å². The number of carbonyl (C=O) groups is 2. The predicted octanol–water partition coefficient (Wildman–Crippen LogP) is 7.90. The second-order valence-electron chi connectivity index (χ2n) is 15.5. The number of nitrogens with two attached hydrogens (primary N) is 2. The molecule has 17 nitrogen and oxygen atoms in total. The predicted molar refractivity (Wildman–Crippen MR) is 268 cm³/mol. The van der Waals surface area contributed by atoms with E-state index >= 15 is 0 Å². The van der Waals surface area contributed by atoms with Gasteiger partial charge >= 0.3 is 0 Å². The number of amides is 2. The minimum Gasteiger partial charge on any atom is -0.484 e. The summed E-state index contributed by atoms with van der Waals surface area (Å²) in [6, 6.07) is 26.4. The molecule has 0 spiro atoms. The summed E-state index contributed by atoms with van der Waals surface area (Å²) in [5, 5.41) is 5.09. The standard InChI is InChI=1S/C23H20BrFN6O2S.C23H21ClFN7O2S/c24-15-3-7-17(8-4-15)33-13-18(32)30-9-11-31(12-10-30)20-19-22(29-23(26)28-20)34-21(27-19)14-1-5-16(25)6-2-14;24-14-1-7-17(8-2-14)34-13-18(33)31-9-11-32(12-10-31)20-19-21(30-22(26)29-20)35-23(28-19)27-16-5-3-15(25)4-6-16/h1-8H,9-13H2,(H2,26,28,29);1-8H,9-13H2,(H,27,28)(H2,26,29,30). The molecule has 2 aliphatic heterocycles. The number of nitrogen functional groups attached to an aromatic ring is 2. The van der Waals surface area contributed by atoms with E-state index in [9.17, 15) is 18.4 Å². The average Bonchev–Trinajstić information content (AvgIpc) is 3.98. The van der Waals surface area contributed by atoms with Crippen LogP contribution in [0.3, 0.4) is 0 Å². The molecule has 5 N–H and O–H groups in total. The first kappa shape index (κ1) is 47.1. The van der Waals surface area contributed by atoms with Crippen LogP contribution in [-0.2, 0) is 9.59 Å². The lowest BCUT2D eigenvalue weighted by atomic mass is 10.2. The molecule has 0 aliphatic carbocycles. The van der Waals surface area contributed by atoms with E-state index in [1.165, 1.54) is 46.9 Å². The van der Waals surface area contributed by atoms with E-state index < -0.39 is 0 Å². The molecule has 2 fully saturated rings. The maximum atomic E-state index is 13.3. The Bertz CT molecular complexity index is 3080. The summed E-state index contributed by atoms with van der Waals surface area (Å²) in [6.07, 6.45) is 0. The maximum Gasteiger partial charge on any atom is 0.260 e. The fourth-order valence-electron chi connectivity index (χ4n) is 7.38. The number of hydrogen-bond acceptors (Lipinski definition) is 17. The van der Waals surface area contributed by atoms with Crippen molar-refractivity contribution in [2.45, 2.75) is 0 Å². The number of hydrogen-bond donors (Lipinski definition) is 3. The summed E-state index contributed by atoms with van der Waals surface area (Å²) in [6.45, 7) is 4.32. The second kappa shape index (κ2) is 21.1. The van der Waals surface area contributed by atoms with Gasteiger partial charge in [-0.2, -0.15) is 9.97 Å². The third-order valence-corrected chi connectivity index (χ3v) is 13.6. The van der Waals surface area contributed by atoms with E-state index in [1.54, 1.807) is 58.3 Å². The molecule has 0 saturated carbocycles. The summed E-state index contributed by atoms with van der Waals surface area (Å²) in [4.78, 5) is 61.1. The number of nitrogens with one attached hydrogen (secondary N) is 1. The lowest BCUT2D eigenvalue weighted by Gasteiger charge is -2.35. The normalized spacial score (nSPS) is 13.9. The minimum absolute atomic E-state index is 0.0144. The van der Waals surface area contributed by atoms with Crippen molar-refractivity contribution in [3.8, 4) is 22.1 Å². The van der Waals surface area contributed by atoms with E-state index in [1.807, 2.05) is 29.2 Å². The van der Waals surface area contributed by atoms with Gasteiger partial charge in [-0.1, -0.05) is 50.2 Å². The Hall–Kier alpha value is -7.01. The van der Waals surface area contributed by atoms with Crippen molar-refractivity contribution >= 4 is 117 Å². The summed E-state index contributed by atoms with van der Waals surface area (Å²) in [7, 11) is 0. The van der Waals surface area contributed by atoms with Crippen LogP contribution in [0.1, 0.15) is 0 Å². The van der Waals surface area contributed by atoms with Crippen molar-refractivity contribution in [3.63, 3.8) is 0 Å². The second-order valence-corrected chi connectivity index (χ2v) is 18.8. The quantitative estimate of drug-likeness (QED) is 0.113. The van der Waals surface area contributed by atoms with Gasteiger partial charge in [0.2, 0.25) is 11.9 Å². The Morgan fingerprint density at radius 1 is 0.609 bits per heavy atom. The Kier molecular flexibility index (Phi) is 14.4. The van der Waals surface area contributed by atoms with Gasteiger partial charge in [-0.15, -0.1) is 0 Å². The summed E-state index contributed by atoms with van der Waals surface area (Å²) < 4.78 is 38.6. The van der Waals surface area contributed by atoms with E-state index in [4.69, 9.17) is 37.5 Å². The zero-order chi connectivity index (χ0) is 48.0. The molecule has 4 aromatic carbocycles. The number of aromatic nitrogens is 6. The van der Waals surface area contributed by atoms with Gasteiger partial charge in [-0.05, 0) is 97.1 Å². The third-order valence-electron chi connectivity index (χ3n) is 10.9. The molecule has 8 aromatic rings. The van der Waals surface area contributed by atoms with Crippen LogP contribution in [-0.4, -0.2) is 117 Å². The summed E-state index contributed by atoms with van der Waals surface area (Å²) >= 11 is 12.0. The molecule has 4 aromatic heterocycles. The molecule has 2 aliphatic rings. The first-order chi connectivity index (χ1) is 33.4. The van der Waals surface area contributed by atoms with Crippen molar-refractivity contribution in [2.75, 3.05) is 92.2 Å². The minimum atomic E-state index is -0.310. The number of fused-ring (bicyclic) bond motifs is 2. The van der Waals surface area contributed by atoms with Crippen molar-refractivity contribution in [1.29, 1.82) is 0 Å². The number of carbonyl (C=O) groups excluding carboxylic acids is 2. The monoisotopic (exact) mass is 1060 g/mol. The van der Waals surface area contributed by atoms with E-state index in [-0.39, 0.29) is 48.6 Å². The third kappa shape index (κ3) is 11.6. The fourth-order valence-corrected chi connectivity index (χ4v) is 9.58. The van der Waals surface area contributed by atoms with Crippen molar-refractivity contribution in [2.24, 2.45) is 0 Å². The molecule has 0 unspecified atom stereocenters. The summed E-state index contributed by atoms with van der Waals surface area (Å²) in [5.74, 6) is 2.06. The summed E-state index contributed by atoms with van der Waals surface area (Å²) in [5.41, 5.74) is 14.7. The maximum absolute atomic E-state index is 13.3. The molecule has 0 atom stereocenters. The Balaban J connectivity index is 0.000000172. The Morgan fingerprint density at radius 2 is 1.07 bits per heavy atom. The number of halogens is 4. The van der Waals surface area contributed by atoms with Gasteiger partial charge in [-0.3, -0.25) is 9.59 Å². The SMILES string of the molecule is Nc1nc(N2CCN(C(=O)COc3ccc(Br)cc3)CC2)c2nc(-c3ccc(F)cc3)sc2n1.Nc1nc(N2CCN(C(=O)COc3ccc(Cl)cc3)CC2)c2nc(Nc3ccc(F)cc3)sc2n1. The number of thiazole rings is 2. The highest BCUT2D eigenvalue weighted by atomic mass is 79.9. The highest BCUT2D eigenvalue weighted by molar-refractivity contribution is 9.10. The highest BCUT2D eigenvalue weighted by Crippen LogP contribution is 2.35. The van der Waals surface area contributed by atoms with Gasteiger partial charge in [-0.25, -0.2) is 28.7 Å². The van der Waals surface area contributed by atoms with Crippen LogP contribution in [0.5, 0.6) is 11.5 Å². The van der Waals surface area contributed by atoms with E-state index in [0.29, 0.717) is 112 Å². The highest BCUT2D eigenvalue weighted by Gasteiger charge is 2.27. The average molecular weight is 1060 g/mol. The Morgan fingerprint density at radius 3 is 1.59 bits per heavy atom. The van der Waals surface area contributed by atoms with Crippen molar-refractivity contribution < 1.29 is 27.8 Å². The van der Waals surface area contributed by atoms with Crippen LogP contribution in [0, 0.1) is 11.6 Å². The van der Waals surface area contributed by atoms with E-state index in [0.717, 1.165) is 15.0 Å².